The van der Waals surface area contributed by atoms with Crippen LogP contribution in [0.1, 0.15) is 64.9 Å². The van der Waals surface area contributed by atoms with E-state index in [1.165, 1.54) is 5.56 Å². The van der Waals surface area contributed by atoms with E-state index in [0.717, 1.165) is 50.0 Å². The summed E-state index contributed by atoms with van der Waals surface area (Å²) in [6.07, 6.45) is 6.64. The molecule has 1 amide bonds. The number of hydrogen-bond donors (Lipinski definition) is 0. The van der Waals surface area contributed by atoms with Crippen LogP contribution in [0.15, 0.2) is 18.2 Å². The van der Waals surface area contributed by atoms with Crippen molar-refractivity contribution in [2.75, 3.05) is 13.3 Å². The number of carbonyl (C=O) groups is 2. The molecule has 0 saturated carbocycles. The van der Waals surface area contributed by atoms with E-state index in [4.69, 9.17) is 9.47 Å². The molecular formula is C22H31NO4. The quantitative estimate of drug-likeness (QED) is 0.675. The van der Waals surface area contributed by atoms with Gasteiger partial charge in [-0.05, 0) is 62.6 Å². The van der Waals surface area contributed by atoms with Gasteiger partial charge in [-0.3, -0.25) is 9.59 Å². The Morgan fingerprint density at radius 2 is 1.96 bits per heavy atom. The third-order valence-corrected chi connectivity index (χ3v) is 6.02. The third kappa shape index (κ3) is 4.45. The van der Waals surface area contributed by atoms with Gasteiger partial charge in [-0.25, -0.2) is 0 Å². The Balaban J connectivity index is 1.57. The van der Waals surface area contributed by atoms with Crippen LogP contribution in [-0.4, -0.2) is 36.0 Å². The van der Waals surface area contributed by atoms with Crippen LogP contribution >= 0.6 is 0 Å². The molecule has 148 valence electrons. The second-order valence-corrected chi connectivity index (χ2v) is 8.29. The number of likely N-dealkylation sites (tertiary alicyclic amines) is 1. The van der Waals surface area contributed by atoms with Gasteiger partial charge in [0, 0.05) is 18.0 Å². The predicted octanol–water partition coefficient (Wildman–Crippen LogP) is 4.12. The Bertz CT molecular complexity index is 698. The molecule has 2 aliphatic heterocycles. The van der Waals surface area contributed by atoms with Crippen molar-refractivity contribution >= 4 is 11.7 Å². The summed E-state index contributed by atoms with van der Waals surface area (Å²) in [5.41, 5.74) is 0.641. The normalized spacial score (nSPS) is 19.2. The number of aryl methyl sites for hydroxylation is 1. The average Bonchev–Trinajstić information content (AvgIpc) is 3.15. The van der Waals surface area contributed by atoms with Crippen molar-refractivity contribution in [3.05, 3.63) is 23.8 Å². The summed E-state index contributed by atoms with van der Waals surface area (Å²) in [6.45, 7) is 6.70. The van der Waals surface area contributed by atoms with Crippen LogP contribution in [0.3, 0.4) is 0 Å². The van der Waals surface area contributed by atoms with Crippen LogP contribution in [0.4, 0.5) is 0 Å². The van der Waals surface area contributed by atoms with Gasteiger partial charge in [-0.15, -0.1) is 0 Å². The maximum Gasteiger partial charge on any atom is 0.290 e. The molecule has 1 fully saturated rings. The Kier molecular flexibility index (Phi) is 6.08. The van der Waals surface area contributed by atoms with Crippen LogP contribution in [0.25, 0.3) is 0 Å². The molecule has 0 N–H and O–H groups in total. The van der Waals surface area contributed by atoms with Gasteiger partial charge in [0.1, 0.15) is 0 Å². The molecule has 0 radical (unpaired) electrons. The van der Waals surface area contributed by atoms with Crippen LogP contribution in [0.2, 0.25) is 0 Å². The molecule has 2 heterocycles. The number of amides is 1. The number of rotatable bonds is 7. The minimum absolute atomic E-state index is 0.178. The second kappa shape index (κ2) is 8.32. The summed E-state index contributed by atoms with van der Waals surface area (Å²) >= 11 is 0. The monoisotopic (exact) mass is 373 g/mol. The summed E-state index contributed by atoms with van der Waals surface area (Å²) in [5, 5.41) is 0. The Morgan fingerprint density at radius 3 is 2.74 bits per heavy atom. The summed E-state index contributed by atoms with van der Waals surface area (Å²) in [4.78, 5) is 27.3. The number of benzene rings is 1. The van der Waals surface area contributed by atoms with Gasteiger partial charge in [-0.2, -0.15) is 0 Å². The van der Waals surface area contributed by atoms with Crippen molar-refractivity contribution in [2.24, 2.45) is 5.41 Å². The number of piperidine rings is 1. The lowest BCUT2D eigenvalue weighted by molar-refractivity contribution is -0.151. The van der Waals surface area contributed by atoms with E-state index in [1.807, 2.05) is 37.8 Å². The number of nitrogens with zero attached hydrogens (tertiary/aromatic N) is 1. The first-order valence-corrected chi connectivity index (χ1v) is 10.2. The highest BCUT2D eigenvalue weighted by molar-refractivity contribution is 6.38. The Hall–Kier alpha value is -2.04. The van der Waals surface area contributed by atoms with Crippen molar-refractivity contribution in [1.29, 1.82) is 0 Å². The van der Waals surface area contributed by atoms with Crippen LogP contribution < -0.4 is 9.47 Å². The maximum absolute atomic E-state index is 12.8. The van der Waals surface area contributed by atoms with Crippen LogP contribution in [0, 0.1) is 5.41 Å². The number of Topliss-reactive ketones (excluding diaryl/α,β-unsaturated/α-hetero) is 1. The number of ether oxygens (including phenoxy) is 2. The SMILES string of the molecule is CCC(C)(C)C(=O)C(=O)N1CCCCC1CCCc1ccc2c(c1)OCO2. The van der Waals surface area contributed by atoms with E-state index in [0.29, 0.717) is 19.8 Å². The number of ketones is 1. The predicted molar refractivity (Wildman–Crippen MR) is 104 cm³/mol. The van der Waals surface area contributed by atoms with Gasteiger partial charge in [-0.1, -0.05) is 26.8 Å². The maximum atomic E-state index is 12.8. The fraction of sp³-hybridized carbons (Fsp3) is 0.636. The number of hydrogen-bond acceptors (Lipinski definition) is 4. The summed E-state index contributed by atoms with van der Waals surface area (Å²) in [6, 6.07) is 6.25. The molecule has 1 atom stereocenters. The molecule has 0 aliphatic carbocycles. The van der Waals surface area contributed by atoms with Crippen molar-refractivity contribution in [3.63, 3.8) is 0 Å². The zero-order chi connectivity index (χ0) is 19.4. The third-order valence-electron chi connectivity index (χ3n) is 6.02. The fourth-order valence-corrected chi connectivity index (χ4v) is 3.79. The van der Waals surface area contributed by atoms with Crippen molar-refractivity contribution in [2.45, 2.75) is 71.8 Å². The zero-order valence-corrected chi connectivity index (χ0v) is 16.8. The first kappa shape index (κ1) is 19.7. The largest absolute Gasteiger partial charge is 0.454 e. The summed E-state index contributed by atoms with van der Waals surface area (Å²) in [7, 11) is 0. The second-order valence-electron chi connectivity index (χ2n) is 8.29. The lowest BCUT2D eigenvalue weighted by Crippen LogP contribution is -2.49. The minimum atomic E-state index is -0.578. The topological polar surface area (TPSA) is 55.8 Å². The van der Waals surface area contributed by atoms with Gasteiger partial charge in [0.25, 0.3) is 5.91 Å². The lowest BCUT2D eigenvalue weighted by atomic mass is 9.84. The van der Waals surface area contributed by atoms with Gasteiger partial charge >= 0.3 is 0 Å². The molecule has 1 unspecified atom stereocenters. The zero-order valence-electron chi connectivity index (χ0n) is 16.8. The molecule has 1 aromatic carbocycles. The summed E-state index contributed by atoms with van der Waals surface area (Å²) < 4.78 is 10.8. The Labute approximate surface area is 162 Å². The molecule has 5 nitrogen and oxygen atoms in total. The molecule has 2 aliphatic rings. The van der Waals surface area contributed by atoms with Crippen molar-refractivity contribution < 1.29 is 19.1 Å². The molecule has 0 aromatic heterocycles. The summed E-state index contributed by atoms with van der Waals surface area (Å²) in [5.74, 6) is 1.09. The van der Waals surface area contributed by atoms with E-state index >= 15 is 0 Å². The highest BCUT2D eigenvalue weighted by Gasteiger charge is 2.37. The van der Waals surface area contributed by atoms with Gasteiger partial charge in [0.15, 0.2) is 11.5 Å². The van der Waals surface area contributed by atoms with Gasteiger partial charge in [0.05, 0.1) is 0 Å². The number of fused-ring (bicyclic) bond motifs is 1. The van der Waals surface area contributed by atoms with Crippen LogP contribution in [-0.2, 0) is 16.0 Å². The molecule has 1 saturated heterocycles. The van der Waals surface area contributed by atoms with E-state index in [-0.39, 0.29) is 17.7 Å². The Morgan fingerprint density at radius 1 is 1.19 bits per heavy atom. The van der Waals surface area contributed by atoms with Crippen LogP contribution in [0.5, 0.6) is 11.5 Å². The molecule has 0 bridgehead atoms. The first-order valence-electron chi connectivity index (χ1n) is 10.2. The molecule has 1 aromatic rings. The van der Waals surface area contributed by atoms with Gasteiger partial charge < -0.3 is 14.4 Å². The van der Waals surface area contributed by atoms with Gasteiger partial charge in [0.2, 0.25) is 12.6 Å². The van der Waals surface area contributed by atoms with E-state index in [1.54, 1.807) is 0 Å². The molecule has 3 rings (SSSR count). The lowest BCUT2D eigenvalue weighted by Gasteiger charge is -2.37. The molecule has 5 heteroatoms. The smallest absolute Gasteiger partial charge is 0.290 e. The molecular weight excluding hydrogens is 342 g/mol. The van der Waals surface area contributed by atoms with Crippen molar-refractivity contribution in [3.8, 4) is 11.5 Å². The highest BCUT2D eigenvalue weighted by Crippen LogP contribution is 2.33. The minimum Gasteiger partial charge on any atom is -0.454 e. The van der Waals surface area contributed by atoms with E-state index < -0.39 is 5.41 Å². The average molecular weight is 373 g/mol. The molecule has 0 spiro atoms. The highest BCUT2D eigenvalue weighted by atomic mass is 16.7. The fourth-order valence-electron chi connectivity index (χ4n) is 3.79. The first-order chi connectivity index (χ1) is 12.9. The standard InChI is InChI=1S/C22H31NO4/c1-4-22(2,3)20(24)21(25)23-13-6-5-9-17(23)10-7-8-16-11-12-18-19(14-16)27-15-26-18/h11-12,14,17H,4-10,13,15H2,1-3H3. The molecule has 27 heavy (non-hydrogen) atoms. The van der Waals surface area contributed by atoms with E-state index in [9.17, 15) is 9.59 Å². The number of carbonyl (C=O) groups excluding carboxylic acids is 2. The van der Waals surface area contributed by atoms with E-state index in [2.05, 4.69) is 6.07 Å². The van der Waals surface area contributed by atoms with Crippen molar-refractivity contribution in [1.82, 2.24) is 4.90 Å².